The standard InChI is InChI=1S/C21H20O/c1-22-18-10-6-9-17(14-18)21-19-11-4-2-7-15(19)13-16-8-3-5-12-20(16)21/h2,4,6-7,9-11,13-14H,3,5,8,12H2,1H3. The molecule has 1 heteroatoms. The molecule has 0 aromatic heterocycles. The Morgan fingerprint density at radius 3 is 2.64 bits per heavy atom. The maximum absolute atomic E-state index is 5.43. The molecule has 0 N–H and O–H groups in total. The summed E-state index contributed by atoms with van der Waals surface area (Å²) in [4.78, 5) is 0. The van der Waals surface area contributed by atoms with Crippen molar-refractivity contribution in [3.8, 4) is 16.9 Å². The fourth-order valence-corrected chi connectivity index (χ4v) is 3.68. The van der Waals surface area contributed by atoms with E-state index in [1.54, 1.807) is 12.7 Å². The minimum atomic E-state index is 0.926. The van der Waals surface area contributed by atoms with E-state index in [0.717, 1.165) is 5.75 Å². The summed E-state index contributed by atoms with van der Waals surface area (Å²) in [7, 11) is 1.73. The van der Waals surface area contributed by atoms with Crippen LogP contribution in [0.5, 0.6) is 5.75 Å². The topological polar surface area (TPSA) is 9.23 Å². The molecule has 3 aromatic carbocycles. The Balaban J connectivity index is 2.05. The summed E-state index contributed by atoms with van der Waals surface area (Å²) in [6.45, 7) is 0. The minimum Gasteiger partial charge on any atom is -0.497 e. The van der Waals surface area contributed by atoms with Crippen molar-refractivity contribution in [1.82, 2.24) is 0 Å². The molecule has 0 heterocycles. The fraction of sp³-hybridized carbons (Fsp3) is 0.238. The van der Waals surface area contributed by atoms with Gasteiger partial charge in [-0.1, -0.05) is 42.5 Å². The van der Waals surface area contributed by atoms with Gasteiger partial charge in [0, 0.05) is 0 Å². The molecule has 4 rings (SSSR count). The Bertz CT molecular complexity index is 832. The van der Waals surface area contributed by atoms with E-state index in [9.17, 15) is 0 Å². The first-order valence-corrected chi connectivity index (χ1v) is 8.05. The highest BCUT2D eigenvalue weighted by Crippen LogP contribution is 2.38. The van der Waals surface area contributed by atoms with E-state index in [2.05, 4.69) is 48.5 Å². The van der Waals surface area contributed by atoms with Crippen LogP contribution in [0.25, 0.3) is 21.9 Å². The van der Waals surface area contributed by atoms with E-state index < -0.39 is 0 Å². The smallest absolute Gasteiger partial charge is 0.119 e. The SMILES string of the molecule is COc1cccc(-c2c3c(cc4ccccc24)CCCC3)c1. The van der Waals surface area contributed by atoms with Crippen LogP contribution < -0.4 is 4.74 Å². The number of hydrogen-bond donors (Lipinski definition) is 0. The van der Waals surface area contributed by atoms with Crippen LogP contribution in [0.4, 0.5) is 0 Å². The Morgan fingerprint density at radius 2 is 1.73 bits per heavy atom. The molecule has 0 spiro atoms. The molecule has 0 amide bonds. The van der Waals surface area contributed by atoms with Crippen LogP contribution in [0.15, 0.2) is 54.6 Å². The Morgan fingerprint density at radius 1 is 0.864 bits per heavy atom. The monoisotopic (exact) mass is 288 g/mol. The van der Waals surface area contributed by atoms with Crippen LogP contribution in [0.1, 0.15) is 24.0 Å². The van der Waals surface area contributed by atoms with Gasteiger partial charge in [0.1, 0.15) is 5.75 Å². The van der Waals surface area contributed by atoms with Gasteiger partial charge in [0.2, 0.25) is 0 Å². The predicted molar refractivity (Wildman–Crippen MR) is 92.6 cm³/mol. The van der Waals surface area contributed by atoms with Crippen molar-refractivity contribution in [2.75, 3.05) is 7.11 Å². The zero-order valence-electron chi connectivity index (χ0n) is 12.9. The molecule has 0 aliphatic heterocycles. The van der Waals surface area contributed by atoms with E-state index in [1.807, 2.05) is 6.07 Å². The number of fused-ring (bicyclic) bond motifs is 2. The second-order valence-corrected chi connectivity index (χ2v) is 6.05. The van der Waals surface area contributed by atoms with Gasteiger partial charge in [-0.25, -0.2) is 0 Å². The average molecular weight is 288 g/mol. The van der Waals surface area contributed by atoms with Crippen LogP contribution >= 0.6 is 0 Å². The van der Waals surface area contributed by atoms with Crippen molar-refractivity contribution in [2.45, 2.75) is 25.7 Å². The number of ether oxygens (including phenoxy) is 1. The molecule has 3 aromatic rings. The van der Waals surface area contributed by atoms with Gasteiger partial charge in [-0.05, 0) is 70.8 Å². The molecule has 0 saturated heterocycles. The number of aryl methyl sites for hydroxylation is 1. The normalized spacial score (nSPS) is 13.9. The number of hydrogen-bond acceptors (Lipinski definition) is 1. The van der Waals surface area contributed by atoms with Crippen LogP contribution in [0.3, 0.4) is 0 Å². The Labute approximate surface area is 131 Å². The molecule has 110 valence electrons. The lowest BCUT2D eigenvalue weighted by atomic mass is 9.82. The van der Waals surface area contributed by atoms with Gasteiger partial charge in [-0.3, -0.25) is 0 Å². The molecule has 0 fully saturated rings. The van der Waals surface area contributed by atoms with E-state index in [-0.39, 0.29) is 0 Å². The molecular weight excluding hydrogens is 268 g/mol. The van der Waals surface area contributed by atoms with Crippen LogP contribution in [0, 0.1) is 0 Å². The van der Waals surface area contributed by atoms with E-state index >= 15 is 0 Å². The van der Waals surface area contributed by atoms with Gasteiger partial charge in [0.15, 0.2) is 0 Å². The predicted octanol–water partition coefficient (Wildman–Crippen LogP) is 5.39. The summed E-state index contributed by atoms with van der Waals surface area (Å²) in [6, 6.07) is 19.6. The maximum Gasteiger partial charge on any atom is 0.119 e. The zero-order valence-corrected chi connectivity index (χ0v) is 12.9. The molecule has 0 atom stereocenters. The third-order valence-electron chi connectivity index (χ3n) is 4.73. The fourth-order valence-electron chi connectivity index (χ4n) is 3.68. The van der Waals surface area contributed by atoms with E-state index in [4.69, 9.17) is 4.74 Å². The second kappa shape index (κ2) is 5.49. The largest absolute Gasteiger partial charge is 0.497 e. The lowest BCUT2D eigenvalue weighted by Gasteiger charge is -2.22. The minimum absolute atomic E-state index is 0.926. The quantitative estimate of drug-likeness (QED) is 0.614. The molecule has 0 unspecified atom stereocenters. The molecule has 22 heavy (non-hydrogen) atoms. The van der Waals surface area contributed by atoms with Gasteiger partial charge in [0.05, 0.1) is 7.11 Å². The summed E-state index contributed by atoms with van der Waals surface area (Å²) in [5.41, 5.74) is 5.75. The molecular formula is C21H20O. The first-order chi connectivity index (χ1) is 10.9. The third-order valence-corrected chi connectivity index (χ3v) is 4.73. The molecule has 1 aliphatic carbocycles. The highest BCUT2D eigenvalue weighted by atomic mass is 16.5. The first kappa shape index (κ1) is 13.4. The summed E-state index contributed by atoms with van der Waals surface area (Å²) in [6.07, 6.45) is 5.00. The summed E-state index contributed by atoms with van der Waals surface area (Å²) in [5, 5.41) is 2.71. The molecule has 0 saturated carbocycles. The average Bonchev–Trinajstić information content (AvgIpc) is 2.59. The summed E-state index contributed by atoms with van der Waals surface area (Å²) < 4.78 is 5.43. The van der Waals surface area contributed by atoms with Crippen LogP contribution in [-0.2, 0) is 12.8 Å². The van der Waals surface area contributed by atoms with Crippen molar-refractivity contribution in [3.63, 3.8) is 0 Å². The highest BCUT2D eigenvalue weighted by Gasteiger charge is 2.17. The van der Waals surface area contributed by atoms with Gasteiger partial charge in [0.25, 0.3) is 0 Å². The van der Waals surface area contributed by atoms with Crippen molar-refractivity contribution >= 4 is 10.8 Å². The van der Waals surface area contributed by atoms with Gasteiger partial charge in [-0.15, -0.1) is 0 Å². The first-order valence-electron chi connectivity index (χ1n) is 8.05. The Hall–Kier alpha value is -2.28. The van der Waals surface area contributed by atoms with Crippen molar-refractivity contribution < 1.29 is 4.74 Å². The van der Waals surface area contributed by atoms with Gasteiger partial charge < -0.3 is 4.74 Å². The molecule has 1 aliphatic rings. The third kappa shape index (κ3) is 2.18. The van der Waals surface area contributed by atoms with Crippen molar-refractivity contribution in [1.29, 1.82) is 0 Å². The Kier molecular flexibility index (Phi) is 3.34. The van der Waals surface area contributed by atoms with E-state index in [0.29, 0.717) is 0 Å². The molecule has 1 nitrogen and oxygen atoms in total. The number of methoxy groups -OCH3 is 1. The van der Waals surface area contributed by atoms with Gasteiger partial charge in [-0.2, -0.15) is 0 Å². The van der Waals surface area contributed by atoms with Crippen LogP contribution in [0.2, 0.25) is 0 Å². The van der Waals surface area contributed by atoms with Crippen molar-refractivity contribution in [2.24, 2.45) is 0 Å². The summed E-state index contributed by atoms with van der Waals surface area (Å²) >= 11 is 0. The molecule has 0 bridgehead atoms. The highest BCUT2D eigenvalue weighted by molar-refractivity contribution is 5.99. The number of rotatable bonds is 2. The zero-order chi connectivity index (χ0) is 14.9. The van der Waals surface area contributed by atoms with Gasteiger partial charge >= 0.3 is 0 Å². The summed E-state index contributed by atoms with van der Waals surface area (Å²) in [5.74, 6) is 0.926. The lowest BCUT2D eigenvalue weighted by Crippen LogP contribution is -2.05. The molecule has 0 radical (unpaired) electrons. The van der Waals surface area contributed by atoms with Crippen molar-refractivity contribution in [3.05, 3.63) is 65.7 Å². The maximum atomic E-state index is 5.43. The van der Waals surface area contributed by atoms with Crippen LogP contribution in [-0.4, -0.2) is 7.11 Å². The lowest BCUT2D eigenvalue weighted by molar-refractivity contribution is 0.415. The van der Waals surface area contributed by atoms with E-state index in [1.165, 1.54) is 53.1 Å². The number of benzene rings is 3. The second-order valence-electron chi connectivity index (χ2n) is 6.05.